The number of esters is 1. The van der Waals surface area contributed by atoms with Gasteiger partial charge in [0.1, 0.15) is 11.5 Å². The SMILES string of the molecule is CCCCOc1ccc(C(=O)O[C@@H](C)C(=O)Nc2cc([N+](=O)[O-])ccc2OC)cc1. The number of nitro groups is 1. The van der Waals surface area contributed by atoms with Crippen molar-refractivity contribution in [3.63, 3.8) is 0 Å². The van der Waals surface area contributed by atoms with Crippen LogP contribution in [0.15, 0.2) is 42.5 Å². The highest BCUT2D eigenvalue weighted by atomic mass is 16.6. The predicted molar refractivity (Wildman–Crippen MR) is 110 cm³/mol. The van der Waals surface area contributed by atoms with Crippen LogP contribution >= 0.6 is 0 Å². The molecule has 9 heteroatoms. The van der Waals surface area contributed by atoms with Crippen molar-refractivity contribution in [3.05, 3.63) is 58.1 Å². The Bertz CT molecular complexity index is 897. The first-order chi connectivity index (χ1) is 14.3. The summed E-state index contributed by atoms with van der Waals surface area (Å²) in [5.74, 6) is -0.444. The molecule has 0 bridgehead atoms. The highest BCUT2D eigenvalue weighted by Gasteiger charge is 2.21. The quantitative estimate of drug-likeness (QED) is 0.269. The highest BCUT2D eigenvalue weighted by Crippen LogP contribution is 2.29. The molecule has 2 aromatic carbocycles. The number of nitrogens with zero attached hydrogens (tertiary/aromatic N) is 1. The Balaban J connectivity index is 1.99. The van der Waals surface area contributed by atoms with Gasteiger partial charge in [0.05, 0.1) is 29.9 Å². The van der Waals surface area contributed by atoms with Crippen LogP contribution in [0.25, 0.3) is 0 Å². The summed E-state index contributed by atoms with van der Waals surface area (Å²) in [5, 5.41) is 13.4. The van der Waals surface area contributed by atoms with Crippen LogP contribution in [0.4, 0.5) is 11.4 Å². The zero-order chi connectivity index (χ0) is 22.1. The first kappa shape index (κ1) is 22.7. The summed E-state index contributed by atoms with van der Waals surface area (Å²) in [5.41, 5.74) is 0.163. The summed E-state index contributed by atoms with van der Waals surface area (Å²) in [7, 11) is 1.37. The van der Waals surface area contributed by atoms with Gasteiger partial charge in [-0.2, -0.15) is 0 Å². The molecular weight excluding hydrogens is 392 g/mol. The Hall–Kier alpha value is -3.62. The van der Waals surface area contributed by atoms with Crippen molar-refractivity contribution in [2.45, 2.75) is 32.8 Å². The predicted octanol–water partition coefficient (Wildman–Crippen LogP) is 3.97. The number of methoxy groups -OCH3 is 1. The summed E-state index contributed by atoms with van der Waals surface area (Å²) in [6.45, 7) is 4.06. The molecule has 9 nitrogen and oxygen atoms in total. The molecular formula is C21H24N2O7. The largest absolute Gasteiger partial charge is 0.495 e. The second kappa shape index (κ2) is 10.8. The molecule has 1 N–H and O–H groups in total. The van der Waals surface area contributed by atoms with Crippen LogP contribution in [0.1, 0.15) is 37.0 Å². The number of hydrogen-bond donors (Lipinski definition) is 1. The lowest BCUT2D eigenvalue weighted by atomic mass is 10.2. The number of amides is 1. The number of carbonyl (C=O) groups excluding carboxylic acids is 2. The molecule has 0 aliphatic carbocycles. The Kier molecular flexibility index (Phi) is 8.16. The Morgan fingerprint density at radius 2 is 1.87 bits per heavy atom. The van der Waals surface area contributed by atoms with E-state index in [0.29, 0.717) is 12.4 Å². The van der Waals surface area contributed by atoms with Crippen molar-refractivity contribution in [3.8, 4) is 11.5 Å². The smallest absolute Gasteiger partial charge is 0.338 e. The van der Waals surface area contributed by atoms with Crippen molar-refractivity contribution < 1.29 is 28.7 Å². The molecule has 0 aromatic heterocycles. The van der Waals surface area contributed by atoms with Crippen molar-refractivity contribution in [2.24, 2.45) is 0 Å². The van der Waals surface area contributed by atoms with E-state index < -0.39 is 22.9 Å². The summed E-state index contributed by atoms with van der Waals surface area (Å²) >= 11 is 0. The zero-order valence-corrected chi connectivity index (χ0v) is 17.0. The van der Waals surface area contributed by atoms with Gasteiger partial charge in [-0.25, -0.2) is 4.79 Å². The van der Waals surface area contributed by atoms with E-state index in [1.54, 1.807) is 24.3 Å². The molecule has 0 fully saturated rings. The third-order valence-electron chi connectivity index (χ3n) is 4.16. The number of carbonyl (C=O) groups is 2. The fourth-order valence-corrected chi connectivity index (χ4v) is 2.45. The average Bonchev–Trinajstić information content (AvgIpc) is 2.74. The van der Waals surface area contributed by atoms with Crippen LogP contribution in [0, 0.1) is 10.1 Å². The van der Waals surface area contributed by atoms with Gasteiger partial charge >= 0.3 is 5.97 Å². The Morgan fingerprint density at radius 3 is 2.47 bits per heavy atom. The van der Waals surface area contributed by atoms with E-state index in [-0.39, 0.29) is 22.7 Å². The minimum absolute atomic E-state index is 0.105. The summed E-state index contributed by atoms with van der Waals surface area (Å²) in [6, 6.07) is 10.2. The zero-order valence-electron chi connectivity index (χ0n) is 17.0. The maximum atomic E-state index is 12.4. The van der Waals surface area contributed by atoms with Crippen LogP contribution in [0.2, 0.25) is 0 Å². The van der Waals surface area contributed by atoms with Crippen LogP contribution in [0.3, 0.4) is 0 Å². The average molecular weight is 416 g/mol. The maximum absolute atomic E-state index is 12.4. The molecule has 30 heavy (non-hydrogen) atoms. The van der Waals surface area contributed by atoms with E-state index in [0.717, 1.165) is 12.8 Å². The molecule has 1 atom stereocenters. The van der Waals surface area contributed by atoms with Crippen molar-refractivity contribution in [2.75, 3.05) is 19.0 Å². The van der Waals surface area contributed by atoms with Gasteiger partial charge in [0.15, 0.2) is 6.10 Å². The van der Waals surface area contributed by atoms with E-state index in [2.05, 4.69) is 12.2 Å². The number of non-ortho nitro benzene ring substituents is 1. The van der Waals surface area contributed by atoms with Crippen molar-refractivity contribution in [1.29, 1.82) is 0 Å². The maximum Gasteiger partial charge on any atom is 0.338 e. The van der Waals surface area contributed by atoms with Crippen molar-refractivity contribution >= 4 is 23.3 Å². The monoisotopic (exact) mass is 416 g/mol. The number of ether oxygens (including phenoxy) is 3. The number of rotatable bonds is 10. The number of benzene rings is 2. The second-order valence-corrected chi connectivity index (χ2v) is 6.40. The fourth-order valence-electron chi connectivity index (χ4n) is 2.45. The molecule has 0 unspecified atom stereocenters. The number of unbranched alkanes of at least 4 members (excludes halogenated alkanes) is 1. The molecule has 0 aliphatic heterocycles. The van der Waals surface area contributed by atoms with Crippen LogP contribution in [0.5, 0.6) is 11.5 Å². The minimum atomic E-state index is -1.14. The van der Waals surface area contributed by atoms with Crippen LogP contribution < -0.4 is 14.8 Å². The molecule has 0 spiro atoms. The summed E-state index contributed by atoms with van der Waals surface area (Å²) < 4.78 is 15.8. The normalized spacial score (nSPS) is 11.3. The van der Waals surface area contributed by atoms with Gasteiger partial charge in [-0.05, 0) is 43.7 Å². The summed E-state index contributed by atoms with van der Waals surface area (Å²) in [4.78, 5) is 35.0. The standard InChI is InChI=1S/C21H24N2O7/c1-4-5-12-29-17-9-6-15(7-10-17)21(25)30-14(2)20(24)22-18-13-16(23(26)27)8-11-19(18)28-3/h6-11,13-14H,4-5,12H2,1-3H3,(H,22,24)/t14-/m0/s1. The highest BCUT2D eigenvalue weighted by molar-refractivity contribution is 5.98. The molecule has 1 amide bonds. The van der Waals surface area contributed by atoms with E-state index >= 15 is 0 Å². The first-order valence-electron chi connectivity index (χ1n) is 9.42. The molecule has 0 heterocycles. The van der Waals surface area contributed by atoms with Crippen LogP contribution in [-0.4, -0.2) is 36.6 Å². The fraction of sp³-hybridized carbons (Fsp3) is 0.333. The van der Waals surface area contributed by atoms with Crippen LogP contribution in [-0.2, 0) is 9.53 Å². The van der Waals surface area contributed by atoms with Gasteiger partial charge in [-0.15, -0.1) is 0 Å². The van der Waals surface area contributed by atoms with Crippen molar-refractivity contribution in [1.82, 2.24) is 0 Å². The number of anilines is 1. The third-order valence-corrected chi connectivity index (χ3v) is 4.16. The van der Waals surface area contributed by atoms with E-state index in [4.69, 9.17) is 14.2 Å². The molecule has 160 valence electrons. The molecule has 0 aliphatic rings. The lowest BCUT2D eigenvalue weighted by Crippen LogP contribution is -2.30. The van der Waals surface area contributed by atoms with Gasteiger partial charge in [-0.3, -0.25) is 14.9 Å². The van der Waals surface area contributed by atoms with E-state index in [1.807, 2.05) is 0 Å². The molecule has 0 saturated carbocycles. The lowest BCUT2D eigenvalue weighted by Gasteiger charge is -2.15. The third kappa shape index (κ3) is 6.20. The molecule has 2 aromatic rings. The summed E-state index contributed by atoms with van der Waals surface area (Å²) in [6.07, 6.45) is 0.820. The molecule has 2 rings (SSSR count). The van der Waals surface area contributed by atoms with E-state index in [9.17, 15) is 19.7 Å². The van der Waals surface area contributed by atoms with Gasteiger partial charge in [0, 0.05) is 12.1 Å². The number of nitro benzene ring substituents is 1. The number of nitrogens with one attached hydrogen (secondary N) is 1. The van der Waals surface area contributed by atoms with Gasteiger partial charge in [0.25, 0.3) is 11.6 Å². The number of hydrogen-bond acceptors (Lipinski definition) is 7. The molecule has 0 radical (unpaired) electrons. The Morgan fingerprint density at radius 1 is 1.17 bits per heavy atom. The first-order valence-corrected chi connectivity index (χ1v) is 9.42. The van der Waals surface area contributed by atoms with E-state index in [1.165, 1.54) is 32.2 Å². The van der Waals surface area contributed by atoms with Gasteiger partial charge in [-0.1, -0.05) is 13.3 Å². The topological polar surface area (TPSA) is 117 Å². The van der Waals surface area contributed by atoms with Gasteiger partial charge in [0.2, 0.25) is 0 Å². The minimum Gasteiger partial charge on any atom is -0.495 e. The van der Waals surface area contributed by atoms with Gasteiger partial charge < -0.3 is 19.5 Å². The Labute approximate surface area is 174 Å². The second-order valence-electron chi connectivity index (χ2n) is 6.40. The molecule has 0 saturated heterocycles. The lowest BCUT2D eigenvalue weighted by molar-refractivity contribution is -0.384.